The van der Waals surface area contributed by atoms with Crippen LogP contribution in [0.25, 0.3) is 0 Å². The van der Waals surface area contributed by atoms with Crippen LogP contribution in [0.1, 0.15) is 45.1 Å². The fraction of sp³-hybridized carbons (Fsp3) is 0.471. The van der Waals surface area contributed by atoms with Gasteiger partial charge in [-0.25, -0.2) is 0 Å². The van der Waals surface area contributed by atoms with Crippen molar-refractivity contribution in [1.29, 1.82) is 5.41 Å². The molecular formula is C17H26N2O4. The molecule has 0 saturated carbocycles. The van der Waals surface area contributed by atoms with E-state index in [1.807, 2.05) is 35.2 Å². The first-order chi connectivity index (χ1) is 10.9. The summed E-state index contributed by atoms with van der Waals surface area (Å²) in [7, 11) is 0. The third kappa shape index (κ3) is 10.1. The molecule has 0 fully saturated rings. The van der Waals surface area contributed by atoms with E-state index in [2.05, 4.69) is 13.8 Å². The quantitative estimate of drug-likeness (QED) is 0.388. The molecule has 0 aliphatic carbocycles. The molecule has 3 N–H and O–H groups in total. The molecule has 1 aromatic carbocycles. The number of rotatable bonds is 8. The van der Waals surface area contributed by atoms with Crippen LogP contribution in [0.3, 0.4) is 0 Å². The standard InChI is InChI=1S/C11H16N2.C6H10O4/c1-3-13(4-2)11(12)10-8-6-5-7-9-10;7-5(8)3-1-2-4-6(9)10/h5-9,12H,3-4H2,1-2H3;1-4H2,(H,7,8)(H,9,10). The molecule has 23 heavy (non-hydrogen) atoms. The molecule has 0 aliphatic heterocycles. The Labute approximate surface area is 137 Å². The Morgan fingerprint density at radius 1 is 0.957 bits per heavy atom. The average Bonchev–Trinajstić information content (AvgIpc) is 2.54. The summed E-state index contributed by atoms with van der Waals surface area (Å²) < 4.78 is 0. The van der Waals surface area contributed by atoms with E-state index in [4.69, 9.17) is 15.6 Å². The molecule has 0 aliphatic rings. The maximum absolute atomic E-state index is 9.90. The molecule has 0 bridgehead atoms. The highest BCUT2D eigenvalue weighted by atomic mass is 16.4. The first-order valence-corrected chi connectivity index (χ1v) is 7.74. The Morgan fingerprint density at radius 3 is 1.74 bits per heavy atom. The lowest BCUT2D eigenvalue weighted by molar-refractivity contribution is -0.139. The van der Waals surface area contributed by atoms with Crippen LogP contribution in [-0.2, 0) is 9.59 Å². The average molecular weight is 322 g/mol. The zero-order chi connectivity index (χ0) is 17.7. The van der Waals surface area contributed by atoms with Crippen molar-refractivity contribution in [1.82, 2.24) is 4.90 Å². The minimum Gasteiger partial charge on any atom is -0.481 e. The van der Waals surface area contributed by atoms with Gasteiger partial charge in [0.25, 0.3) is 0 Å². The molecular weight excluding hydrogens is 296 g/mol. The number of benzene rings is 1. The Bertz CT molecular complexity index is 469. The van der Waals surface area contributed by atoms with Gasteiger partial charge in [-0.1, -0.05) is 30.3 Å². The van der Waals surface area contributed by atoms with Crippen molar-refractivity contribution in [2.24, 2.45) is 0 Å². The van der Waals surface area contributed by atoms with Crippen molar-refractivity contribution < 1.29 is 19.8 Å². The van der Waals surface area contributed by atoms with Crippen LogP contribution >= 0.6 is 0 Å². The lowest BCUT2D eigenvalue weighted by atomic mass is 10.2. The van der Waals surface area contributed by atoms with Crippen LogP contribution in [0.15, 0.2) is 30.3 Å². The van der Waals surface area contributed by atoms with Crippen molar-refractivity contribution in [3.63, 3.8) is 0 Å². The van der Waals surface area contributed by atoms with E-state index in [-0.39, 0.29) is 12.8 Å². The minimum absolute atomic E-state index is 0.0628. The van der Waals surface area contributed by atoms with Gasteiger partial charge < -0.3 is 15.1 Å². The Balaban J connectivity index is 0.000000438. The number of carbonyl (C=O) groups is 2. The summed E-state index contributed by atoms with van der Waals surface area (Å²) in [5, 5.41) is 24.2. The molecule has 0 amide bonds. The second-order valence-corrected chi connectivity index (χ2v) is 4.88. The molecule has 0 heterocycles. The number of carboxylic acid groups (broad SMARTS) is 2. The number of unbranched alkanes of at least 4 members (excludes halogenated alkanes) is 1. The summed E-state index contributed by atoms with van der Waals surface area (Å²) in [5.74, 6) is -1.12. The highest BCUT2D eigenvalue weighted by Gasteiger charge is 2.06. The largest absolute Gasteiger partial charge is 0.481 e. The molecule has 1 rings (SSSR count). The lowest BCUT2D eigenvalue weighted by Gasteiger charge is -2.21. The zero-order valence-electron chi connectivity index (χ0n) is 13.8. The van der Waals surface area contributed by atoms with Gasteiger partial charge in [0.15, 0.2) is 0 Å². The van der Waals surface area contributed by atoms with Gasteiger partial charge in [0.05, 0.1) is 0 Å². The van der Waals surface area contributed by atoms with Crippen molar-refractivity contribution >= 4 is 17.8 Å². The van der Waals surface area contributed by atoms with Gasteiger partial charge in [0.1, 0.15) is 5.84 Å². The first-order valence-electron chi connectivity index (χ1n) is 7.74. The normalized spacial score (nSPS) is 9.48. The molecule has 6 nitrogen and oxygen atoms in total. The summed E-state index contributed by atoms with van der Waals surface area (Å²) >= 11 is 0. The van der Waals surface area contributed by atoms with Crippen LogP contribution in [0.4, 0.5) is 0 Å². The smallest absolute Gasteiger partial charge is 0.303 e. The molecule has 0 radical (unpaired) electrons. The number of aliphatic carboxylic acids is 2. The molecule has 0 aromatic heterocycles. The van der Waals surface area contributed by atoms with Gasteiger partial charge in [-0.05, 0) is 26.7 Å². The third-order valence-corrected chi connectivity index (χ3v) is 3.16. The zero-order valence-corrected chi connectivity index (χ0v) is 13.8. The van der Waals surface area contributed by atoms with E-state index >= 15 is 0 Å². The van der Waals surface area contributed by atoms with Gasteiger partial charge in [-0.15, -0.1) is 0 Å². The summed E-state index contributed by atoms with van der Waals surface area (Å²) in [6, 6.07) is 9.85. The van der Waals surface area contributed by atoms with Crippen LogP contribution in [0.5, 0.6) is 0 Å². The number of amidine groups is 1. The number of carboxylic acids is 2. The van der Waals surface area contributed by atoms with Crippen LogP contribution < -0.4 is 0 Å². The first kappa shape index (κ1) is 20.6. The van der Waals surface area contributed by atoms with Crippen molar-refractivity contribution in [2.45, 2.75) is 39.5 Å². The fourth-order valence-electron chi connectivity index (χ4n) is 1.87. The number of nitrogens with one attached hydrogen (secondary N) is 1. The molecule has 0 spiro atoms. The molecule has 0 unspecified atom stereocenters. The third-order valence-electron chi connectivity index (χ3n) is 3.16. The van der Waals surface area contributed by atoms with Gasteiger partial charge in [-0.2, -0.15) is 0 Å². The molecule has 0 atom stereocenters. The Kier molecular flexibility index (Phi) is 10.9. The Morgan fingerprint density at radius 2 is 1.39 bits per heavy atom. The maximum atomic E-state index is 9.90. The second kappa shape index (κ2) is 12.2. The van der Waals surface area contributed by atoms with E-state index in [0.29, 0.717) is 18.7 Å². The molecule has 0 saturated heterocycles. The van der Waals surface area contributed by atoms with Crippen LogP contribution in [0, 0.1) is 5.41 Å². The van der Waals surface area contributed by atoms with E-state index in [1.54, 1.807) is 0 Å². The van der Waals surface area contributed by atoms with E-state index in [9.17, 15) is 9.59 Å². The SMILES string of the molecule is CCN(CC)C(=N)c1ccccc1.O=C(O)CCCCC(=O)O. The number of hydrogen-bond donors (Lipinski definition) is 3. The summed E-state index contributed by atoms with van der Waals surface area (Å²) in [6.07, 6.45) is 1.02. The van der Waals surface area contributed by atoms with Crippen molar-refractivity contribution in [3.05, 3.63) is 35.9 Å². The topological polar surface area (TPSA) is 102 Å². The summed E-state index contributed by atoms with van der Waals surface area (Å²) in [5.41, 5.74) is 0.992. The maximum Gasteiger partial charge on any atom is 0.303 e. The van der Waals surface area contributed by atoms with Gasteiger partial charge >= 0.3 is 11.9 Å². The minimum atomic E-state index is -0.870. The van der Waals surface area contributed by atoms with Crippen LogP contribution in [-0.4, -0.2) is 46.0 Å². The van der Waals surface area contributed by atoms with Gasteiger partial charge in [-0.3, -0.25) is 15.0 Å². The monoisotopic (exact) mass is 322 g/mol. The van der Waals surface area contributed by atoms with E-state index < -0.39 is 11.9 Å². The second-order valence-electron chi connectivity index (χ2n) is 4.88. The highest BCUT2D eigenvalue weighted by molar-refractivity contribution is 5.96. The number of hydrogen-bond acceptors (Lipinski definition) is 3. The van der Waals surface area contributed by atoms with Crippen molar-refractivity contribution in [3.8, 4) is 0 Å². The summed E-state index contributed by atoms with van der Waals surface area (Å²) in [4.78, 5) is 21.8. The predicted octanol–water partition coefficient (Wildman–Crippen LogP) is 3.07. The fourth-order valence-corrected chi connectivity index (χ4v) is 1.87. The van der Waals surface area contributed by atoms with Gasteiger partial charge in [0, 0.05) is 31.5 Å². The molecule has 6 heteroatoms. The lowest BCUT2D eigenvalue weighted by Crippen LogP contribution is -2.30. The molecule has 128 valence electrons. The highest BCUT2D eigenvalue weighted by Crippen LogP contribution is 2.03. The predicted molar refractivity (Wildman–Crippen MR) is 89.9 cm³/mol. The summed E-state index contributed by atoms with van der Waals surface area (Å²) in [6.45, 7) is 5.93. The van der Waals surface area contributed by atoms with E-state index in [1.165, 1.54) is 0 Å². The Hall–Kier alpha value is -2.37. The van der Waals surface area contributed by atoms with Gasteiger partial charge in [0.2, 0.25) is 0 Å². The van der Waals surface area contributed by atoms with Crippen molar-refractivity contribution in [2.75, 3.05) is 13.1 Å². The number of nitrogens with zero attached hydrogens (tertiary/aromatic N) is 1. The van der Waals surface area contributed by atoms with Crippen LogP contribution in [0.2, 0.25) is 0 Å². The van der Waals surface area contributed by atoms with E-state index in [0.717, 1.165) is 18.7 Å². The molecule has 1 aromatic rings.